The van der Waals surface area contributed by atoms with Crippen LogP contribution >= 0.6 is 0 Å². The Morgan fingerprint density at radius 3 is 2.77 bits per heavy atom. The van der Waals surface area contributed by atoms with Crippen molar-refractivity contribution in [3.8, 4) is 0 Å². The van der Waals surface area contributed by atoms with Gasteiger partial charge in [0.2, 0.25) is 0 Å². The van der Waals surface area contributed by atoms with Gasteiger partial charge in [0.05, 0.1) is 6.54 Å². The third-order valence-corrected chi connectivity index (χ3v) is 2.59. The van der Waals surface area contributed by atoms with E-state index in [-0.39, 0.29) is 12.4 Å². The van der Waals surface area contributed by atoms with Crippen molar-refractivity contribution >= 4 is 5.84 Å². The van der Waals surface area contributed by atoms with Gasteiger partial charge in [-0.25, -0.2) is 0 Å². The SMILES string of the molecule is C[C@@H]1CN(CC(N)=NO)C[C@@H]1CO. The van der Waals surface area contributed by atoms with E-state index in [0.717, 1.165) is 13.1 Å². The molecule has 0 unspecified atom stereocenters. The van der Waals surface area contributed by atoms with Crippen LogP contribution in [0.1, 0.15) is 6.92 Å². The summed E-state index contributed by atoms with van der Waals surface area (Å²) >= 11 is 0. The topological polar surface area (TPSA) is 82.1 Å². The second-order valence-corrected chi connectivity index (χ2v) is 3.71. The van der Waals surface area contributed by atoms with Crippen molar-refractivity contribution in [3.05, 3.63) is 0 Å². The van der Waals surface area contributed by atoms with Gasteiger partial charge >= 0.3 is 0 Å². The fourth-order valence-corrected chi connectivity index (χ4v) is 1.77. The number of aliphatic hydroxyl groups excluding tert-OH is 1. The average Bonchev–Trinajstić information content (AvgIpc) is 2.46. The van der Waals surface area contributed by atoms with Crippen molar-refractivity contribution in [1.29, 1.82) is 0 Å². The molecule has 0 radical (unpaired) electrons. The Morgan fingerprint density at radius 2 is 2.31 bits per heavy atom. The summed E-state index contributed by atoms with van der Waals surface area (Å²) in [7, 11) is 0. The van der Waals surface area contributed by atoms with E-state index in [1.54, 1.807) is 0 Å². The first kappa shape index (κ1) is 10.3. The molecule has 5 nitrogen and oxygen atoms in total. The molecule has 0 aromatic carbocycles. The van der Waals surface area contributed by atoms with Crippen LogP contribution in [0.4, 0.5) is 0 Å². The van der Waals surface area contributed by atoms with E-state index < -0.39 is 0 Å². The van der Waals surface area contributed by atoms with Gasteiger partial charge in [-0.1, -0.05) is 12.1 Å². The van der Waals surface area contributed by atoms with Crippen molar-refractivity contribution in [1.82, 2.24) is 4.90 Å². The predicted octanol–water partition coefficient (Wildman–Crippen LogP) is -0.707. The summed E-state index contributed by atoms with van der Waals surface area (Å²) in [6.45, 7) is 4.54. The zero-order valence-electron chi connectivity index (χ0n) is 7.85. The van der Waals surface area contributed by atoms with Gasteiger partial charge in [-0.2, -0.15) is 0 Å². The number of nitrogens with zero attached hydrogens (tertiary/aromatic N) is 2. The highest BCUT2D eigenvalue weighted by atomic mass is 16.4. The summed E-state index contributed by atoms with van der Waals surface area (Å²) < 4.78 is 0. The fraction of sp³-hybridized carbons (Fsp3) is 0.875. The monoisotopic (exact) mass is 187 g/mol. The lowest BCUT2D eigenvalue weighted by Gasteiger charge is -2.13. The molecule has 1 heterocycles. The largest absolute Gasteiger partial charge is 0.409 e. The molecule has 2 atom stereocenters. The molecule has 1 aliphatic heterocycles. The zero-order chi connectivity index (χ0) is 9.84. The Labute approximate surface area is 77.8 Å². The smallest absolute Gasteiger partial charge is 0.153 e. The summed E-state index contributed by atoms with van der Waals surface area (Å²) in [4.78, 5) is 2.08. The zero-order valence-corrected chi connectivity index (χ0v) is 7.85. The molecule has 0 spiro atoms. The van der Waals surface area contributed by atoms with Gasteiger partial charge in [-0.05, 0) is 11.8 Å². The van der Waals surface area contributed by atoms with Gasteiger partial charge < -0.3 is 16.0 Å². The summed E-state index contributed by atoms with van der Waals surface area (Å²) in [6.07, 6.45) is 0. The summed E-state index contributed by atoms with van der Waals surface area (Å²) in [5.41, 5.74) is 5.38. The molecular formula is C8H17N3O2. The van der Waals surface area contributed by atoms with Gasteiger partial charge in [-0.15, -0.1) is 0 Å². The third-order valence-electron chi connectivity index (χ3n) is 2.59. The highest BCUT2D eigenvalue weighted by Crippen LogP contribution is 2.21. The Hall–Kier alpha value is -0.810. The van der Waals surface area contributed by atoms with Crippen LogP contribution in [0.5, 0.6) is 0 Å². The lowest BCUT2D eigenvalue weighted by atomic mass is 10.00. The Balaban J connectivity index is 2.40. The lowest BCUT2D eigenvalue weighted by Crippen LogP contribution is -2.32. The Kier molecular flexibility index (Phi) is 3.50. The van der Waals surface area contributed by atoms with Crippen LogP contribution in [0.15, 0.2) is 5.16 Å². The maximum atomic E-state index is 9.01. The fourth-order valence-electron chi connectivity index (χ4n) is 1.77. The number of oxime groups is 1. The van der Waals surface area contributed by atoms with Crippen molar-refractivity contribution in [2.75, 3.05) is 26.2 Å². The standard InChI is InChI=1S/C8H17N3O2/c1-6-2-11(3-7(6)5-12)4-8(9)10-13/h6-7,12-13H,2-5H2,1H3,(H2,9,10)/t6-,7-/m1/s1. The molecule has 0 aromatic rings. The predicted molar refractivity (Wildman–Crippen MR) is 49.6 cm³/mol. The minimum atomic E-state index is 0.216. The third kappa shape index (κ3) is 2.57. The van der Waals surface area contributed by atoms with Crippen LogP contribution in [0.25, 0.3) is 0 Å². The Bertz CT molecular complexity index is 196. The summed E-state index contributed by atoms with van der Waals surface area (Å²) in [5, 5.41) is 20.3. The van der Waals surface area contributed by atoms with E-state index in [4.69, 9.17) is 16.0 Å². The average molecular weight is 187 g/mol. The molecule has 1 aliphatic rings. The second kappa shape index (κ2) is 4.43. The highest BCUT2D eigenvalue weighted by molar-refractivity contribution is 5.81. The maximum absolute atomic E-state index is 9.01. The molecule has 0 aromatic heterocycles. The molecule has 0 saturated carbocycles. The van der Waals surface area contributed by atoms with Crippen molar-refractivity contribution in [2.24, 2.45) is 22.7 Å². The normalized spacial score (nSPS) is 31.1. The van der Waals surface area contributed by atoms with E-state index in [9.17, 15) is 0 Å². The first-order chi connectivity index (χ1) is 6.17. The quantitative estimate of drug-likeness (QED) is 0.236. The number of rotatable bonds is 3. The molecule has 1 fully saturated rings. The maximum Gasteiger partial charge on any atom is 0.153 e. The van der Waals surface area contributed by atoms with Crippen molar-refractivity contribution < 1.29 is 10.3 Å². The van der Waals surface area contributed by atoms with E-state index in [2.05, 4.69) is 17.0 Å². The molecule has 76 valence electrons. The minimum Gasteiger partial charge on any atom is -0.409 e. The van der Waals surface area contributed by atoms with Crippen molar-refractivity contribution in [3.63, 3.8) is 0 Å². The van der Waals surface area contributed by atoms with E-state index >= 15 is 0 Å². The van der Waals surface area contributed by atoms with Crippen molar-refractivity contribution in [2.45, 2.75) is 6.92 Å². The van der Waals surface area contributed by atoms with Crippen LogP contribution in [-0.2, 0) is 0 Å². The van der Waals surface area contributed by atoms with Gasteiger partial charge in [-0.3, -0.25) is 4.90 Å². The van der Waals surface area contributed by atoms with E-state index in [1.165, 1.54) is 0 Å². The van der Waals surface area contributed by atoms with Crippen LogP contribution in [0.3, 0.4) is 0 Å². The molecular weight excluding hydrogens is 170 g/mol. The van der Waals surface area contributed by atoms with Gasteiger partial charge in [0, 0.05) is 19.7 Å². The van der Waals surface area contributed by atoms with Crippen LogP contribution in [0, 0.1) is 11.8 Å². The first-order valence-electron chi connectivity index (χ1n) is 4.47. The van der Waals surface area contributed by atoms with Crippen LogP contribution in [-0.4, -0.2) is 47.3 Å². The molecule has 1 saturated heterocycles. The number of nitrogens with two attached hydrogens (primary N) is 1. The van der Waals surface area contributed by atoms with Crippen LogP contribution < -0.4 is 5.73 Å². The van der Waals surface area contributed by atoms with Crippen LogP contribution in [0.2, 0.25) is 0 Å². The van der Waals surface area contributed by atoms with E-state index in [0.29, 0.717) is 18.4 Å². The molecule has 0 amide bonds. The van der Waals surface area contributed by atoms with E-state index in [1.807, 2.05) is 0 Å². The summed E-state index contributed by atoms with van der Waals surface area (Å²) in [6, 6.07) is 0. The molecule has 0 bridgehead atoms. The number of hydrogen-bond donors (Lipinski definition) is 3. The summed E-state index contributed by atoms with van der Waals surface area (Å²) in [5.74, 6) is 1.04. The van der Waals surface area contributed by atoms with Gasteiger partial charge in [0.25, 0.3) is 0 Å². The lowest BCUT2D eigenvalue weighted by molar-refractivity contribution is 0.207. The second-order valence-electron chi connectivity index (χ2n) is 3.71. The number of likely N-dealkylation sites (tertiary alicyclic amines) is 1. The first-order valence-corrected chi connectivity index (χ1v) is 4.47. The number of amidine groups is 1. The number of hydrogen-bond acceptors (Lipinski definition) is 4. The minimum absolute atomic E-state index is 0.216. The molecule has 5 heteroatoms. The molecule has 0 aliphatic carbocycles. The molecule has 13 heavy (non-hydrogen) atoms. The highest BCUT2D eigenvalue weighted by Gasteiger charge is 2.28. The Morgan fingerprint density at radius 1 is 1.62 bits per heavy atom. The number of aliphatic hydroxyl groups is 1. The van der Waals surface area contributed by atoms with Gasteiger partial charge in [0.1, 0.15) is 0 Å². The van der Waals surface area contributed by atoms with Gasteiger partial charge in [0.15, 0.2) is 5.84 Å². The molecule has 4 N–H and O–H groups in total. The molecule has 1 rings (SSSR count).